The molecule has 24 heavy (non-hydrogen) atoms. The van der Waals surface area contributed by atoms with Crippen molar-refractivity contribution in [2.45, 2.75) is 26.7 Å². The van der Waals surface area contributed by atoms with Gasteiger partial charge < -0.3 is 13.8 Å². The van der Waals surface area contributed by atoms with Crippen molar-refractivity contribution in [3.63, 3.8) is 0 Å². The Labute approximate surface area is 142 Å². The molecule has 1 aliphatic carbocycles. The van der Waals surface area contributed by atoms with Crippen LogP contribution < -0.4 is 0 Å². The summed E-state index contributed by atoms with van der Waals surface area (Å²) in [6.45, 7) is 3.86. The summed E-state index contributed by atoms with van der Waals surface area (Å²) in [6, 6.07) is 7.52. The monoisotopic (exact) mass is 354 g/mol. The number of Topliss-reactive ketones (excluding diaryl/α,β-unsaturated/α-hetero) is 1. The average molecular weight is 354 g/mol. The molecule has 0 aliphatic heterocycles. The van der Waals surface area contributed by atoms with Crippen molar-refractivity contribution >= 4 is 19.3 Å². The van der Waals surface area contributed by atoms with Gasteiger partial charge in [0.15, 0.2) is 5.78 Å². The lowest BCUT2D eigenvalue weighted by molar-refractivity contribution is -0.141. The van der Waals surface area contributed by atoms with Crippen LogP contribution in [0.4, 0.5) is 0 Å². The Kier molecular flexibility index (Phi) is 6.72. The number of rotatable bonds is 9. The fourth-order valence-electron chi connectivity index (χ4n) is 2.79. The summed E-state index contributed by atoms with van der Waals surface area (Å²) in [4.78, 5) is 24.1. The van der Waals surface area contributed by atoms with Gasteiger partial charge in [-0.2, -0.15) is 0 Å². The third-order valence-corrected chi connectivity index (χ3v) is 5.77. The fourth-order valence-corrected chi connectivity index (χ4v) is 4.24. The zero-order chi connectivity index (χ0) is 17.6. The topological polar surface area (TPSA) is 78.9 Å². The third-order valence-electron chi connectivity index (χ3n) is 3.82. The molecule has 2 rings (SSSR count). The van der Waals surface area contributed by atoms with Gasteiger partial charge in [0.05, 0.1) is 19.8 Å². The molecule has 0 spiro atoms. The standard InChI is InChI=1S/C17H23O6P/c1-3-22-24(20,23-4-2)12-16(18)21-10-9-14-11-13-7-5-6-8-15(13)17(14)19/h5-8,14H,3-4,9-12H2,1-2H3. The minimum atomic E-state index is -3.44. The van der Waals surface area contributed by atoms with Crippen molar-refractivity contribution in [2.75, 3.05) is 26.0 Å². The molecular weight excluding hydrogens is 331 g/mol. The predicted molar refractivity (Wildman–Crippen MR) is 89.3 cm³/mol. The van der Waals surface area contributed by atoms with Crippen LogP contribution in [0.2, 0.25) is 0 Å². The Morgan fingerprint density at radius 3 is 2.50 bits per heavy atom. The molecule has 1 aliphatic rings. The van der Waals surface area contributed by atoms with Crippen molar-refractivity contribution in [3.05, 3.63) is 35.4 Å². The fraction of sp³-hybridized carbons (Fsp3) is 0.529. The number of benzene rings is 1. The molecule has 1 aromatic carbocycles. The van der Waals surface area contributed by atoms with Crippen LogP contribution >= 0.6 is 7.60 Å². The Hall–Kier alpha value is -1.49. The zero-order valence-electron chi connectivity index (χ0n) is 14.0. The number of carbonyl (C=O) groups excluding carboxylic acids is 2. The highest BCUT2D eigenvalue weighted by molar-refractivity contribution is 7.54. The SMILES string of the molecule is CCOP(=O)(CC(=O)OCCC1Cc2ccccc2C1=O)OCC. The van der Waals surface area contributed by atoms with Crippen LogP contribution in [0, 0.1) is 5.92 Å². The molecule has 1 atom stereocenters. The zero-order valence-corrected chi connectivity index (χ0v) is 14.9. The summed E-state index contributed by atoms with van der Waals surface area (Å²) in [7, 11) is -3.44. The number of hydrogen-bond acceptors (Lipinski definition) is 6. The van der Waals surface area contributed by atoms with Gasteiger partial charge >= 0.3 is 13.6 Å². The number of esters is 1. The number of ketones is 1. The van der Waals surface area contributed by atoms with Gasteiger partial charge in [0, 0.05) is 11.5 Å². The molecule has 0 fully saturated rings. The molecule has 1 aromatic rings. The van der Waals surface area contributed by atoms with Crippen molar-refractivity contribution < 1.29 is 27.9 Å². The van der Waals surface area contributed by atoms with Gasteiger partial charge in [0.2, 0.25) is 0 Å². The largest absolute Gasteiger partial charge is 0.465 e. The van der Waals surface area contributed by atoms with E-state index in [1.54, 1.807) is 13.8 Å². The second kappa shape index (κ2) is 8.56. The molecule has 6 nitrogen and oxygen atoms in total. The van der Waals surface area contributed by atoms with Gasteiger partial charge in [-0.3, -0.25) is 14.2 Å². The van der Waals surface area contributed by atoms with Gasteiger partial charge in [-0.05, 0) is 32.3 Å². The maximum Gasteiger partial charge on any atom is 0.341 e. The molecule has 0 N–H and O–H groups in total. The first-order valence-electron chi connectivity index (χ1n) is 8.15. The van der Waals surface area contributed by atoms with Crippen molar-refractivity contribution in [2.24, 2.45) is 5.92 Å². The van der Waals surface area contributed by atoms with Gasteiger partial charge in [0.1, 0.15) is 6.16 Å². The van der Waals surface area contributed by atoms with E-state index in [0.717, 1.165) is 11.1 Å². The highest BCUT2D eigenvalue weighted by atomic mass is 31.2. The van der Waals surface area contributed by atoms with E-state index in [0.29, 0.717) is 12.8 Å². The minimum absolute atomic E-state index is 0.0935. The number of hydrogen-bond donors (Lipinski definition) is 0. The van der Waals surface area contributed by atoms with Gasteiger partial charge in [-0.1, -0.05) is 24.3 Å². The second-order valence-electron chi connectivity index (χ2n) is 5.54. The van der Waals surface area contributed by atoms with E-state index in [1.165, 1.54) is 0 Å². The maximum absolute atomic E-state index is 12.2. The Bertz CT molecular complexity index is 632. The lowest BCUT2D eigenvalue weighted by Crippen LogP contribution is -2.17. The van der Waals surface area contributed by atoms with Crippen molar-refractivity contribution in [3.8, 4) is 0 Å². The highest BCUT2D eigenvalue weighted by Gasteiger charge is 2.31. The lowest BCUT2D eigenvalue weighted by atomic mass is 10.0. The number of carbonyl (C=O) groups is 2. The quantitative estimate of drug-likeness (QED) is 0.500. The van der Waals surface area contributed by atoms with Crippen LogP contribution in [0.1, 0.15) is 36.2 Å². The summed E-state index contributed by atoms with van der Waals surface area (Å²) in [5.41, 5.74) is 1.79. The Morgan fingerprint density at radius 2 is 1.88 bits per heavy atom. The van der Waals surface area contributed by atoms with Gasteiger partial charge in [-0.25, -0.2) is 0 Å². The Balaban J connectivity index is 1.79. The van der Waals surface area contributed by atoms with Crippen LogP contribution in [0.3, 0.4) is 0 Å². The average Bonchev–Trinajstić information content (AvgIpc) is 2.84. The molecule has 0 heterocycles. The van der Waals surface area contributed by atoms with Crippen LogP contribution in [-0.2, 0) is 29.6 Å². The smallest absolute Gasteiger partial charge is 0.341 e. The molecule has 0 saturated carbocycles. The predicted octanol–water partition coefficient (Wildman–Crippen LogP) is 3.24. The molecule has 132 valence electrons. The highest BCUT2D eigenvalue weighted by Crippen LogP contribution is 2.47. The first kappa shape index (κ1) is 18.8. The molecule has 0 saturated heterocycles. The molecule has 7 heteroatoms. The van der Waals surface area contributed by atoms with Crippen LogP contribution in [0.25, 0.3) is 0 Å². The summed E-state index contributed by atoms with van der Waals surface area (Å²) in [6.07, 6.45) is 0.712. The summed E-state index contributed by atoms with van der Waals surface area (Å²) < 4.78 is 27.5. The van der Waals surface area contributed by atoms with Crippen molar-refractivity contribution in [1.82, 2.24) is 0 Å². The van der Waals surface area contributed by atoms with E-state index in [-0.39, 0.29) is 31.5 Å². The summed E-state index contributed by atoms with van der Waals surface area (Å²) >= 11 is 0. The van der Waals surface area contributed by atoms with E-state index in [2.05, 4.69) is 0 Å². The minimum Gasteiger partial charge on any atom is -0.465 e. The Morgan fingerprint density at radius 1 is 1.21 bits per heavy atom. The molecular formula is C17H23O6P. The molecule has 0 aromatic heterocycles. The van der Waals surface area contributed by atoms with Crippen molar-refractivity contribution in [1.29, 1.82) is 0 Å². The number of ether oxygens (including phenoxy) is 1. The first-order chi connectivity index (χ1) is 11.5. The molecule has 0 amide bonds. The normalized spacial score (nSPS) is 16.9. The lowest BCUT2D eigenvalue weighted by Gasteiger charge is -2.16. The van der Waals surface area contributed by atoms with E-state index in [9.17, 15) is 14.2 Å². The number of fused-ring (bicyclic) bond motifs is 1. The van der Waals surface area contributed by atoms with Gasteiger partial charge in [0.25, 0.3) is 0 Å². The van der Waals surface area contributed by atoms with E-state index < -0.39 is 19.7 Å². The van der Waals surface area contributed by atoms with E-state index in [4.69, 9.17) is 13.8 Å². The molecule has 1 unspecified atom stereocenters. The maximum atomic E-state index is 12.2. The summed E-state index contributed by atoms with van der Waals surface area (Å²) in [5.74, 6) is -0.708. The van der Waals surface area contributed by atoms with E-state index >= 15 is 0 Å². The summed E-state index contributed by atoms with van der Waals surface area (Å²) in [5, 5.41) is 0. The van der Waals surface area contributed by atoms with E-state index in [1.807, 2.05) is 24.3 Å². The van der Waals surface area contributed by atoms with Crippen LogP contribution in [-0.4, -0.2) is 37.7 Å². The first-order valence-corrected chi connectivity index (χ1v) is 9.87. The third kappa shape index (κ3) is 4.76. The molecule has 0 bridgehead atoms. The second-order valence-corrected chi connectivity index (χ2v) is 7.59. The van der Waals surface area contributed by atoms with Crippen LogP contribution in [0.5, 0.6) is 0 Å². The molecule has 0 radical (unpaired) electrons. The van der Waals surface area contributed by atoms with Crippen LogP contribution in [0.15, 0.2) is 24.3 Å². The van der Waals surface area contributed by atoms with Gasteiger partial charge in [-0.15, -0.1) is 0 Å².